The van der Waals surface area contributed by atoms with Crippen molar-refractivity contribution in [2.45, 2.75) is 0 Å². The SMILES string of the molecule is c1ccc(-c2cccc(-c3ccc(N(c4ccccc4)c4ccc(-c5ccc6c(c5)oc5ccc7nc(-c8ccccc8)sc7c56)cc4)cc3)c2)cc1. The van der Waals surface area contributed by atoms with Gasteiger partial charge in [0, 0.05) is 33.4 Å². The average Bonchev–Trinajstić information content (AvgIpc) is 3.84. The van der Waals surface area contributed by atoms with Gasteiger partial charge in [-0.25, -0.2) is 4.98 Å². The third-order valence-electron chi connectivity index (χ3n) is 9.91. The quantitative estimate of drug-likeness (QED) is 0.166. The van der Waals surface area contributed by atoms with Gasteiger partial charge in [-0.15, -0.1) is 11.3 Å². The lowest BCUT2D eigenvalue weighted by molar-refractivity contribution is 0.669. The smallest absolute Gasteiger partial charge is 0.137 e. The molecule has 0 saturated heterocycles. The molecule has 0 N–H and O–H groups in total. The number of thiazole rings is 1. The van der Waals surface area contributed by atoms with Crippen molar-refractivity contribution in [1.29, 1.82) is 0 Å². The molecule has 0 saturated carbocycles. The van der Waals surface area contributed by atoms with Gasteiger partial charge >= 0.3 is 0 Å². The van der Waals surface area contributed by atoms with Gasteiger partial charge < -0.3 is 9.32 Å². The lowest BCUT2D eigenvalue weighted by atomic mass is 9.99. The maximum atomic E-state index is 6.46. The van der Waals surface area contributed by atoms with Crippen LogP contribution in [0.2, 0.25) is 0 Å². The Hall–Kier alpha value is -6.75. The molecule has 0 radical (unpaired) electrons. The molecule has 0 aliphatic rings. The number of nitrogens with zero attached hydrogens (tertiary/aromatic N) is 2. The van der Waals surface area contributed by atoms with E-state index in [-0.39, 0.29) is 0 Å². The number of hydrogen-bond donors (Lipinski definition) is 0. The van der Waals surface area contributed by atoms with Gasteiger partial charge in [-0.2, -0.15) is 0 Å². The number of rotatable bonds is 7. The molecule has 0 atom stereocenters. The van der Waals surface area contributed by atoms with Gasteiger partial charge in [0.25, 0.3) is 0 Å². The van der Waals surface area contributed by atoms with Gasteiger partial charge in [0.2, 0.25) is 0 Å². The molecule has 10 aromatic rings. The zero-order valence-electron chi connectivity index (χ0n) is 28.7. The van der Waals surface area contributed by atoms with E-state index in [0.29, 0.717) is 0 Å². The topological polar surface area (TPSA) is 29.3 Å². The van der Waals surface area contributed by atoms with Crippen molar-refractivity contribution in [2.75, 3.05) is 4.90 Å². The van der Waals surface area contributed by atoms with E-state index in [4.69, 9.17) is 9.40 Å². The fourth-order valence-corrected chi connectivity index (χ4v) is 8.39. The fourth-order valence-electron chi connectivity index (χ4n) is 7.27. The monoisotopic (exact) mass is 696 g/mol. The lowest BCUT2D eigenvalue weighted by Gasteiger charge is -2.26. The first kappa shape index (κ1) is 31.0. The zero-order chi connectivity index (χ0) is 35.1. The Labute approximate surface area is 311 Å². The minimum absolute atomic E-state index is 0.879. The van der Waals surface area contributed by atoms with Crippen LogP contribution in [-0.2, 0) is 0 Å². The van der Waals surface area contributed by atoms with Gasteiger partial charge in [0.15, 0.2) is 0 Å². The molecule has 53 heavy (non-hydrogen) atoms. The fraction of sp³-hybridized carbons (Fsp3) is 0. The van der Waals surface area contributed by atoms with Gasteiger partial charge in [0.05, 0.1) is 10.2 Å². The van der Waals surface area contributed by atoms with Crippen LogP contribution in [0, 0.1) is 0 Å². The minimum Gasteiger partial charge on any atom is -0.456 e. The van der Waals surface area contributed by atoms with Crippen molar-refractivity contribution in [3.63, 3.8) is 0 Å². The van der Waals surface area contributed by atoms with Gasteiger partial charge in [-0.05, 0) is 100 Å². The summed E-state index contributed by atoms with van der Waals surface area (Å²) in [5.41, 5.74) is 14.2. The predicted molar refractivity (Wildman–Crippen MR) is 223 cm³/mol. The first-order valence-electron chi connectivity index (χ1n) is 17.8. The van der Waals surface area contributed by atoms with Gasteiger partial charge in [-0.1, -0.05) is 127 Å². The van der Waals surface area contributed by atoms with Crippen molar-refractivity contribution >= 4 is 60.6 Å². The molecule has 250 valence electrons. The summed E-state index contributed by atoms with van der Waals surface area (Å²) in [4.78, 5) is 7.26. The highest BCUT2D eigenvalue weighted by atomic mass is 32.1. The van der Waals surface area contributed by atoms with E-state index in [1.807, 2.05) is 12.1 Å². The number of aromatic nitrogens is 1. The first-order chi connectivity index (χ1) is 26.2. The molecule has 0 spiro atoms. The summed E-state index contributed by atoms with van der Waals surface area (Å²) in [5.74, 6) is 0. The van der Waals surface area contributed by atoms with Gasteiger partial charge in [-0.3, -0.25) is 0 Å². The van der Waals surface area contributed by atoms with E-state index >= 15 is 0 Å². The van der Waals surface area contributed by atoms with Crippen LogP contribution in [0.15, 0.2) is 199 Å². The molecule has 0 amide bonds. The molecule has 0 fully saturated rings. The van der Waals surface area contributed by atoms with Gasteiger partial charge in [0.1, 0.15) is 16.2 Å². The number of benzene rings is 8. The number of anilines is 3. The maximum Gasteiger partial charge on any atom is 0.137 e. The van der Waals surface area contributed by atoms with E-state index in [1.165, 1.54) is 22.3 Å². The number of fused-ring (bicyclic) bond motifs is 5. The molecule has 2 aromatic heterocycles. The Morgan fingerprint density at radius 3 is 1.55 bits per heavy atom. The van der Waals surface area contributed by atoms with Crippen molar-refractivity contribution in [3.05, 3.63) is 194 Å². The van der Waals surface area contributed by atoms with Crippen LogP contribution >= 0.6 is 11.3 Å². The van der Waals surface area contributed by atoms with Crippen molar-refractivity contribution < 1.29 is 4.42 Å². The lowest BCUT2D eigenvalue weighted by Crippen LogP contribution is -2.09. The molecule has 0 aliphatic heterocycles. The standard InChI is InChI=1S/C49H32N2OS/c1-4-11-33(12-5-1)37-15-10-16-38(31-37)34-19-24-41(25-20-34)51(40-17-8-3-9-18-40)42-26-21-35(22-27-42)39-23-28-43-46(32-39)52-45-30-29-44-48(47(43)45)53-49(50-44)36-13-6-2-7-14-36/h1-32H. The summed E-state index contributed by atoms with van der Waals surface area (Å²) < 4.78 is 7.62. The molecule has 0 aliphatic carbocycles. The summed E-state index contributed by atoms with van der Waals surface area (Å²) in [6.45, 7) is 0. The Morgan fingerprint density at radius 1 is 0.396 bits per heavy atom. The van der Waals surface area contributed by atoms with Crippen molar-refractivity contribution in [3.8, 4) is 44.0 Å². The number of para-hydroxylation sites is 1. The first-order valence-corrected chi connectivity index (χ1v) is 18.6. The van der Waals surface area contributed by atoms with E-state index in [0.717, 1.165) is 70.9 Å². The highest BCUT2D eigenvalue weighted by Gasteiger charge is 2.17. The maximum absolute atomic E-state index is 6.46. The molecule has 0 unspecified atom stereocenters. The second-order valence-corrected chi connectivity index (χ2v) is 14.2. The summed E-state index contributed by atoms with van der Waals surface area (Å²) in [6.07, 6.45) is 0. The third-order valence-corrected chi connectivity index (χ3v) is 11.1. The third kappa shape index (κ3) is 5.76. The second-order valence-electron chi connectivity index (χ2n) is 13.2. The summed E-state index contributed by atoms with van der Waals surface area (Å²) in [7, 11) is 0. The van der Waals surface area contributed by atoms with E-state index in [1.54, 1.807) is 11.3 Å². The molecule has 10 rings (SSSR count). The van der Waals surface area contributed by atoms with Crippen molar-refractivity contribution in [1.82, 2.24) is 4.98 Å². The highest BCUT2D eigenvalue weighted by molar-refractivity contribution is 7.22. The summed E-state index contributed by atoms with van der Waals surface area (Å²) in [6, 6.07) is 68.6. The molecule has 0 bridgehead atoms. The van der Waals surface area contributed by atoms with Crippen LogP contribution in [0.4, 0.5) is 17.1 Å². The Kier molecular flexibility index (Phi) is 7.67. The average molecular weight is 697 g/mol. The van der Waals surface area contributed by atoms with Crippen LogP contribution in [0.1, 0.15) is 0 Å². The zero-order valence-corrected chi connectivity index (χ0v) is 29.5. The van der Waals surface area contributed by atoms with Crippen LogP contribution < -0.4 is 4.90 Å². The van der Waals surface area contributed by atoms with Crippen LogP contribution in [0.25, 0.3) is 76.1 Å². The normalized spacial score (nSPS) is 11.4. The summed E-state index contributed by atoms with van der Waals surface area (Å²) >= 11 is 1.72. The highest BCUT2D eigenvalue weighted by Crippen LogP contribution is 2.42. The van der Waals surface area contributed by atoms with Crippen LogP contribution in [-0.4, -0.2) is 4.98 Å². The molecular weight excluding hydrogens is 665 g/mol. The Morgan fingerprint density at radius 2 is 0.906 bits per heavy atom. The largest absolute Gasteiger partial charge is 0.456 e. The molecule has 4 heteroatoms. The van der Waals surface area contributed by atoms with E-state index < -0.39 is 0 Å². The molecular formula is C49H32N2OS. The van der Waals surface area contributed by atoms with E-state index in [2.05, 4.69) is 187 Å². The summed E-state index contributed by atoms with van der Waals surface area (Å²) in [5, 5.41) is 3.26. The van der Waals surface area contributed by atoms with E-state index in [9.17, 15) is 0 Å². The van der Waals surface area contributed by atoms with Crippen LogP contribution in [0.3, 0.4) is 0 Å². The second kappa shape index (κ2) is 13.1. The molecule has 2 heterocycles. The Bertz CT molecular complexity index is 2860. The predicted octanol–water partition coefficient (Wildman–Crippen LogP) is 14.3. The minimum atomic E-state index is 0.879. The Balaban J connectivity index is 0.970. The molecule has 8 aromatic carbocycles. The van der Waals surface area contributed by atoms with Crippen LogP contribution in [0.5, 0.6) is 0 Å². The molecule has 3 nitrogen and oxygen atoms in total. The van der Waals surface area contributed by atoms with Crippen molar-refractivity contribution in [2.24, 2.45) is 0 Å². The number of hydrogen-bond acceptors (Lipinski definition) is 4. The number of furan rings is 1.